The number of likely N-dealkylation sites (N-methyl/N-ethyl adjacent to an activating group) is 1. The van der Waals surface area contributed by atoms with E-state index in [1.807, 2.05) is 142 Å². The molecule has 1 aliphatic heterocycles. The first-order chi connectivity index (χ1) is 59.8. The van der Waals surface area contributed by atoms with Crippen LogP contribution in [0.1, 0.15) is 124 Å². The Bertz CT molecular complexity index is 5490. The molecule has 5 heterocycles. The number of hydrogen-bond donors (Lipinski definition) is 4. The average molecular weight is 2820 g/mol. The zero-order chi connectivity index (χ0) is 96.5. The number of carbonyl (C=O) groups excluding carboxylic acids is 5. The number of ether oxygens (including phenoxy) is 7. The number of furan rings is 4. The van der Waals surface area contributed by atoms with Gasteiger partial charge in [-0.3, -0.25) is 9.59 Å². The summed E-state index contributed by atoms with van der Waals surface area (Å²) in [4.78, 5) is 67.8. The normalized spacial score (nSPS) is 10.5. The van der Waals surface area contributed by atoms with Gasteiger partial charge in [-0.2, -0.15) is 10.5 Å². The number of alkyl halides is 1. The maximum atomic E-state index is 11.4. The fraction of sp³-hybridized carbons (Fsp3) is 0.318. The number of fused-ring (bicyclic) bond motifs is 4. The van der Waals surface area contributed by atoms with Crippen molar-refractivity contribution in [3.8, 4) is 40.9 Å². The van der Waals surface area contributed by atoms with Crippen LogP contribution in [-0.2, 0) is 100 Å². The van der Waals surface area contributed by atoms with Crippen molar-refractivity contribution >= 4 is 305 Å². The molecule has 0 amide bonds. The number of carboxylic acid groups (broad SMARTS) is 1. The van der Waals surface area contributed by atoms with Gasteiger partial charge in [-0.05, 0) is 317 Å². The van der Waals surface area contributed by atoms with Crippen LogP contribution in [-0.4, -0.2) is 155 Å². The van der Waals surface area contributed by atoms with Gasteiger partial charge in [-0.1, -0.05) is 45.6 Å². The van der Waals surface area contributed by atoms with Crippen LogP contribution in [0.5, 0.6) is 17.2 Å². The topological polar surface area (TPSA) is 368 Å². The van der Waals surface area contributed by atoms with Gasteiger partial charge in [0.15, 0.2) is 0 Å². The van der Waals surface area contributed by atoms with Gasteiger partial charge in [0.05, 0.1) is 135 Å². The molecule has 4 radical (unpaired) electrons. The van der Waals surface area contributed by atoms with Gasteiger partial charge in [0.25, 0.3) is 0 Å². The Kier molecular flexibility index (Phi) is 70.6. The number of carboxylic acids is 1. The first kappa shape index (κ1) is 130. The number of hydrogen-bond acceptors (Lipinski definition) is 24. The minimum absolute atomic E-state index is 0. The van der Waals surface area contributed by atoms with Gasteiger partial charge in [-0.25, -0.2) is 19.2 Å². The molecule has 7 aromatic carbocycles. The van der Waals surface area contributed by atoms with Crippen LogP contribution in [0.15, 0.2) is 139 Å². The number of aryl methyl sites for hydroxylation is 4. The van der Waals surface area contributed by atoms with Gasteiger partial charge in [0.1, 0.15) is 70.7 Å². The molecule has 11 aromatic rings. The van der Waals surface area contributed by atoms with Crippen molar-refractivity contribution in [3.05, 3.63) is 216 Å². The Morgan fingerprint density at radius 3 is 1.28 bits per heavy atom. The number of phenolic OH excluding ortho intramolecular Hbond substituents is 2. The van der Waals surface area contributed by atoms with E-state index in [9.17, 15) is 39.0 Å². The summed E-state index contributed by atoms with van der Waals surface area (Å²) in [6.45, 7) is 28.8. The van der Waals surface area contributed by atoms with E-state index in [2.05, 4.69) is 223 Å². The standard InChI is InChI=1S/C12H13NO3.C11H9IO3.C11H11NO3.C10H8ClIO.C10H7IO3.C10H9IO2.C8H6I2O3.C6H12Si.C5H9ClO2.C5H11NO.BBr3.B.2Cu.Na.O.H/c1-3-16-12(14)7-10-5-4-9(8-13)6-11(10)15-2;1-6-3-7-4-8(11(13)14-2)5-9(12)10(7)15-6;1-2-15-11(14)6-9-4-3-8(7-12)5-10(9)13;1-6-2-8-3-7(5-11)4-9(12)10(8)13-6;1-5-2-6-3-7(10(12)13)4-8(11)9(6)14-5;1-6-2-8-3-7(5-12)4-9(11)10(8)13-6;1-13-8(12)4-2-5(9)7(11)6(10)3-4;1-5-6-7(2,3)4;1-4(2)3-8-5(6)7;1-6-2-4-7-5-3-6;2-1(3)4;;;;;;/h4-6H,3,7H2,1-2H3;3-5H,1-2H3;3-5,13H,2,6H2,1H3;2-4H,5H2,1H3;2-4H,1H3,(H,12,13);2-4,12H,5H2,1H3;2-3,11H,1H3;1-4H3;4H,3H2,1-2H3;2-5H2,1H3;;;;;;;/q;;;;;;;;;;;;;;+1;;-1. The number of aliphatic hydroxyl groups excluding tert-OH is 1. The summed E-state index contributed by atoms with van der Waals surface area (Å²) in [5.41, 5.74) is 11.3. The number of esters is 4. The zero-order valence-corrected chi connectivity index (χ0v) is 97.9. The van der Waals surface area contributed by atoms with E-state index >= 15 is 0 Å². The monoisotopic (exact) mass is 2810 g/mol. The van der Waals surface area contributed by atoms with Crippen LogP contribution in [0.25, 0.3) is 43.9 Å². The molecule has 4 N–H and O–H groups in total. The summed E-state index contributed by atoms with van der Waals surface area (Å²) in [6, 6.07) is 39.0. The molecule has 0 atom stereocenters. The van der Waals surface area contributed by atoms with Crippen molar-refractivity contribution in [2.75, 3.05) is 74.5 Å². The molecule has 705 valence electrons. The number of aromatic hydroxyl groups is 2. The van der Waals surface area contributed by atoms with E-state index in [1.165, 1.54) is 27.4 Å². The van der Waals surface area contributed by atoms with E-state index in [4.69, 9.17) is 84.4 Å². The molecule has 12 rings (SSSR count). The van der Waals surface area contributed by atoms with Crippen LogP contribution in [0.2, 0.25) is 19.6 Å². The summed E-state index contributed by atoms with van der Waals surface area (Å²) >= 11 is 35.5. The zero-order valence-electron chi connectivity index (χ0n) is 74.8. The molecule has 1 fully saturated rings. The molecule has 1 aliphatic rings. The number of benzene rings is 7. The van der Waals surface area contributed by atoms with Gasteiger partial charge in [0.2, 0.25) is 0 Å². The van der Waals surface area contributed by atoms with E-state index in [0.717, 1.165) is 124 Å². The van der Waals surface area contributed by atoms with E-state index in [-0.39, 0.29) is 103 Å². The molecular weight excluding hydrogens is 2720 g/mol. The van der Waals surface area contributed by atoms with Gasteiger partial charge in [0, 0.05) is 88.7 Å². The van der Waals surface area contributed by atoms with Crippen molar-refractivity contribution < 1.29 is 168 Å². The SMILES string of the molecule is BrB(Br)Br.CC#C[Si](C)(C)C.CC(C)COC(=O)Cl.CCOC(=O)Cc1ccc(C#N)cc1O.CCOC(=O)Cc1ccc(C#N)cc1OC.CN1CCOCC1.COC(=O)c1cc(I)c(O)c(I)c1.COC(=O)c1cc(I)c2oc(C)cc2c1.Cc1cc2cc(C(=O)O)cc(I)c2o1.Cc1cc2cc(CCl)cc(I)c2o1.Cc1cc2cc(CO)cc(I)c2o1.[B].[Cu].[H-].[Na+].[O]=[Cu]. The number of rotatable bonds is 14. The second-order valence-corrected chi connectivity index (χ2v) is 46.1. The Morgan fingerprint density at radius 2 is 0.954 bits per heavy atom. The van der Waals surface area contributed by atoms with Crippen LogP contribution in [0, 0.1) is 89.2 Å². The van der Waals surface area contributed by atoms with Crippen molar-refractivity contribution in [2.45, 2.75) is 107 Å². The first-order valence-corrected chi connectivity index (χ1v) is 51.6. The molecular formula is C88H96B2Br3Cl2Cu2I6N3NaO22Si. The third kappa shape index (κ3) is 51.4. The molecule has 0 aliphatic carbocycles. The fourth-order valence-corrected chi connectivity index (χ4v) is 16.0. The van der Waals surface area contributed by atoms with Gasteiger partial charge < -0.3 is 77.6 Å². The third-order valence-corrected chi connectivity index (χ3v) is 21.8. The van der Waals surface area contributed by atoms with E-state index in [0.29, 0.717) is 77.9 Å². The fourth-order valence-electron chi connectivity index (χ4n) is 10.1. The number of nitriles is 2. The van der Waals surface area contributed by atoms with Gasteiger partial charge in [-0.15, -0.1) is 70.3 Å². The van der Waals surface area contributed by atoms with Crippen molar-refractivity contribution in [3.63, 3.8) is 0 Å². The van der Waals surface area contributed by atoms with Crippen molar-refractivity contribution in [1.29, 1.82) is 10.5 Å². The predicted molar refractivity (Wildman–Crippen MR) is 562 cm³/mol. The number of halogens is 11. The molecule has 1 saturated heterocycles. The number of aliphatic hydroxyl groups is 1. The number of phenols is 2. The van der Waals surface area contributed by atoms with Crippen molar-refractivity contribution in [2.24, 2.45) is 5.92 Å². The molecule has 0 unspecified atom stereocenters. The molecule has 4 aromatic heterocycles. The summed E-state index contributed by atoms with van der Waals surface area (Å²) in [5.74, 6) is 5.67. The van der Waals surface area contributed by atoms with Crippen LogP contribution >= 0.6 is 206 Å². The Morgan fingerprint density at radius 1 is 0.592 bits per heavy atom. The summed E-state index contributed by atoms with van der Waals surface area (Å²) in [7, 11) is 5.30. The first-order valence-electron chi connectivity index (χ1n) is 37.5. The Hall–Kier alpha value is -4.07. The number of methoxy groups -OCH3 is 3. The third-order valence-electron chi connectivity index (χ3n) is 15.5. The summed E-state index contributed by atoms with van der Waals surface area (Å²) < 4.78 is 68.7. The molecule has 25 nitrogen and oxygen atoms in total. The number of morpholine rings is 1. The molecule has 0 bridgehead atoms. The van der Waals surface area contributed by atoms with Gasteiger partial charge >= 0.3 is 87.8 Å². The summed E-state index contributed by atoms with van der Waals surface area (Å²) in [6.07, 6.45) is 0.175. The molecule has 0 spiro atoms. The number of aromatic carboxylic acids is 1. The molecule has 130 heavy (non-hydrogen) atoms. The van der Waals surface area contributed by atoms with Crippen molar-refractivity contribution in [1.82, 2.24) is 4.90 Å². The van der Waals surface area contributed by atoms with Crippen LogP contribution in [0.3, 0.4) is 0 Å². The molecule has 42 heteroatoms. The quantitative estimate of drug-likeness (QED) is 0.0149. The second-order valence-electron chi connectivity index (χ2n) is 27.3. The van der Waals surface area contributed by atoms with E-state index in [1.54, 1.807) is 80.6 Å². The Labute approximate surface area is 920 Å². The minimum atomic E-state index is -1.02. The average Bonchev–Trinajstić information content (AvgIpc) is 1.69. The van der Waals surface area contributed by atoms with E-state index < -0.39 is 31.4 Å². The van der Waals surface area contributed by atoms with Crippen LogP contribution < -0.4 is 34.3 Å². The number of nitrogens with zero attached hydrogens (tertiary/aromatic N) is 3. The van der Waals surface area contributed by atoms with Crippen LogP contribution in [0.4, 0.5) is 4.79 Å². The second kappa shape index (κ2) is 70.5. The predicted octanol–water partition coefficient (Wildman–Crippen LogP) is 21.2. The number of carbonyl (C=O) groups is 6. The molecule has 0 saturated carbocycles. The Balaban J connectivity index is -0.000000683. The maximum absolute atomic E-state index is 11.4. The summed E-state index contributed by atoms with van der Waals surface area (Å²) in [5, 5.41) is 58.0.